The highest BCUT2D eigenvalue weighted by atomic mass is 79.9. The summed E-state index contributed by atoms with van der Waals surface area (Å²) in [6, 6.07) is 44.4. The summed E-state index contributed by atoms with van der Waals surface area (Å²) in [4.78, 5) is 0. The molecule has 0 N–H and O–H groups in total. The lowest BCUT2D eigenvalue weighted by Gasteiger charge is -2.27. The van der Waals surface area contributed by atoms with E-state index in [-0.39, 0.29) is 17.0 Å². The molecular weight excluding hydrogens is 559 g/mol. The number of hydrogen-bond acceptors (Lipinski definition) is 1. The summed E-state index contributed by atoms with van der Waals surface area (Å²) in [5, 5.41) is 4.51. The van der Waals surface area contributed by atoms with Gasteiger partial charge in [0.15, 0.2) is 0 Å². The molecule has 0 unspecified atom stereocenters. The van der Waals surface area contributed by atoms with Crippen LogP contribution in [-0.4, -0.2) is 12.8 Å². The van der Waals surface area contributed by atoms with Gasteiger partial charge in [0.25, 0.3) is 0 Å². The molecule has 4 rings (SSSR count). The topological polar surface area (TPSA) is 9.23 Å². The Bertz CT molecular complexity index is 1040. The lowest BCUT2D eigenvalue weighted by atomic mass is 10.1. The standard InChI is InChI=1S/C36H44OP.BrH/c1(2-4-6-20-30-37-32-33-22-12-8-13-23-33)3-5-7-21-31-38(34-24-14-9-15-25-34,35-26-16-10-17-27-35)36-28-18-11-19-29-36;/h8-19,22-29H,1-7,20-21,30-32H2;1H/q+1;/p-1. The molecule has 0 amide bonds. The fraction of sp³-hybridized carbons (Fsp3) is 0.333. The average molecular weight is 604 g/mol. The third-order valence-electron chi connectivity index (χ3n) is 7.48. The predicted octanol–water partition coefficient (Wildman–Crippen LogP) is 5.71. The van der Waals surface area contributed by atoms with Crippen LogP contribution < -0.4 is 32.9 Å². The van der Waals surface area contributed by atoms with Gasteiger partial charge in [-0.3, -0.25) is 0 Å². The second-order valence-electron chi connectivity index (χ2n) is 10.3. The zero-order chi connectivity index (χ0) is 26.1. The van der Waals surface area contributed by atoms with E-state index < -0.39 is 7.26 Å². The van der Waals surface area contributed by atoms with Crippen molar-refractivity contribution in [3.63, 3.8) is 0 Å². The third kappa shape index (κ3) is 9.71. The summed E-state index contributed by atoms with van der Waals surface area (Å²) in [7, 11) is -1.66. The first kappa shape index (κ1) is 31.3. The van der Waals surface area contributed by atoms with E-state index in [2.05, 4.69) is 121 Å². The maximum absolute atomic E-state index is 5.82. The van der Waals surface area contributed by atoms with Crippen LogP contribution in [0.2, 0.25) is 0 Å². The van der Waals surface area contributed by atoms with Crippen molar-refractivity contribution in [1.29, 1.82) is 0 Å². The summed E-state index contributed by atoms with van der Waals surface area (Å²) < 4.78 is 5.82. The summed E-state index contributed by atoms with van der Waals surface area (Å²) in [6.45, 7) is 1.62. The Balaban J connectivity index is 0.00000420. The maximum atomic E-state index is 5.82. The van der Waals surface area contributed by atoms with E-state index in [0.717, 1.165) is 13.2 Å². The minimum Gasteiger partial charge on any atom is -1.00 e. The van der Waals surface area contributed by atoms with E-state index in [1.165, 1.54) is 85.4 Å². The average Bonchev–Trinajstić information content (AvgIpc) is 2.99. The second kappa shape index (κ2) is 18.2. The lowest BCUT2D eigenvalue weighted by molar-refractivity contribution is -0.00000814. The molecule has 0 radical (unpaired) electrons. The molecule has 0 aromatic heterocycles. The highest BCUT2D eigenvalue weighted by molar-refractivity contribution is 7.95. The zero-order valence-electron chi connectivity index (χ0n) is 23.3. The van der Waals surface area contributed by atoms with Crippen molar-refractivity contribution in [3.8, 4) is 0 Å². The monoisotopic (exact) mass is 602 g/mol. The van der Waals surface area contributed by atoms with E-state index in [4.69, 9.17) is 4.74 Å². The van der Waals surface area contributed by atoms with Gasteiger partial charge in [-0.2, -0.15) is 0 Å². The highest BCUT2D eigenvalue weighted by Crippen LogP contribution is 2.56. The van der Waals surface area contributed by atoms with Crippen LogP contribution in [0.15, 0.2) is 121 Å². The largest absolute Gasteiger partial charge is 1.00 e. The van der Waals surface area contributed by atoms with Gasteiger partial charge in [-0.1, -0.05) is 123 Å². The summed E-state index contributed by atoms with van der Waals surface area (Å²) in [6.07, 6.45) is 13.1. The van der Waals surface area contributed by atoms with Gasteiger partial charge in [0.05, 0.1) is 12.8 Å². The molecule has 0 fully saturated rings. The van der Waals surface area contributed by atoms with Gasteiger partial charge in [-0.15, -0.1) is 0 Å². The maximum Gasteiger partial charge on any atom is 0.112 e. The third-order valence-corrected chi connectivity index (χ3v) is 12.0. The van der Waals surface area contributed by atoms with Crippen molar-refractivity contribution < 1.29 is 21.7 Å². The summed E-state index contributed by atoms with van der Waals surface area (Å²) in [5.41, 5.74) is 1.27. The molecule has 4 aromatic rings. The molecule has 4 aromatic carbocycles. The second-order valence-corrected chi connectivity index (χ2v) is 13.9. The first-order valence-electron chi connectivity index (χ1n) is 14.6. The van der Waals surface area contributed by atoms with E-state index in [1.807, 2.05) is 0 Å². The van der Waals surface area contributed by atoms with Crippen LogP contribution in [0, 0.1) is 0 Å². The van der Waals surface area contributed by atoms with Crippen molar-refractivity contribution in [3.05, 3.63) is 127 Å². The minimum atomic E-state index is -1.66. The number of unbranched alkanes of at least 4 members (excludes halogenated alkanes) is 8. The molecule has 0 spiro atoms. The number of ether oxygens (including phenoxy) is 1. The van der Waals surface area contributed by atoms with Gasteiger partial charge in [-0.25, -0.2) is 0 Å². The molecular formula is C36H44BrOP. The van der Waals surface area contributed by atoms with Gasteiger partial charge >= 0.3 is 0 Å². The fourth-order valence-corrected chi connectivity index (χ4v) is 9.85. The Labute approximate surface area is 248 Å². The van der Waals surface area contributed by atoms with Crippen molar-refractivity contribution in [2.45, 2.75) is 64.4 Å². The van der Waals surface area contributed by atoms with Gasteiger partial charge in [0.1, 0.15) is 23.2 Å². The van der Waals surface area contributed by atoms with Crippen LogP contribution in [0.5, 0.6) is 0 Å². The van der Waals surface area contributed by atoms with Crippen molar-refractivity contribution in [1.82, 2.24) is 0 Å². The molecule has 39 heavy (non-hydrogen) atoms. The molecule has 206 valence electrons. The molecule has 3 heteroatoms. The smallest absolute Gasteiger partial charge is 0.112 e. The predicted molar refractivity (Wildman–Crippen MR) is 168 cm³/mol. The molecule has 0 saturated carbocycles. The SMILES string of the molecule is [Br-].c1ccc(COCCCCCCCCCCC[P+](c2ccccc2)(c2ccccc2)c2ccccc2)cc1. The van der Waals surface area contributed by atoms with E-state index in [0.29, 0.717) is 0 Å². The highest BCUT2D eigenvalue weighted by Gasteiger charge is 2.44. The van der Waals surface area contributed by atoms with Crippen LogP contribution in [0.25, 0.3) is 0 Å². The van der Waals surface area contributed by atoms with E-state index in [1.54, 1.807) is 0 Å². The van der Waals surface area contributed by atoms with Gasteiger partial charge in [0, 0.05) is 6.61 Å². The first-order valence-corrected chi connectivity index (χ1v) is 16.5. The molecule has 0 saturated heterocycles. The van der Waals surface area contributed by atoms with Gasteiger partial charge < -0.3 is 21.7 Å². The van der Waals surface area contributed by atoms with Crippen LogP contribution in [0.1, 0.15) is 63.4 Å². The van der Waals surface area contributed by atoms with Crippen LogP contribution in [0.4, 0.5) is 0 Å². The van der Waals surface area contributed by atoms with Crippen LogP contribution in [-0.2, 0) is 11.3 Å². The number of benzene rings is 4. The van der Waals surface area contributed by atoms with Crippen molar-refractivity contribution in [2.24, 2.45) is 0 Å². The van der Waals surface area contributed by atoms with Crippen molar-refractivity contribution >= 4 is 23.2 Å². The molecule has 0 aliphatic heterocycles. The minimum absolute atomic E-state index is 0. The summed E-state index contributed by atoms with van der Waals surface area (Å²) in [5.74, 6) is 0. The van der Waals surface area contributed by atoms with Crippen LogP contribution >= 0.6 is 7.26 Å². The molecule has 0 aliphatic rings. The number of hydrogen-bond donors (Lipinski definition) is 0. The van der Waals surface area contributed by atoms with E-state index >= 15 is 0 Å². The molecule has 0 aliphatic carbocycles. The van der Waals surface area contributed by atoms with Gasteiger partial charge in [0.2, 0.25) is 0 Å². The quantitative estimate of drug-likeness (QED) is 0.111. The Morgan fingerprint density at radius 2 is 0.769 bits per heavy atom. The van der Waals surface area contributed by atoms with E-state index in [9.17, 15) is 0 Å². The normalized spacial score (nSPS) is 11.2. The summed E-state index contributed by atoms with van der Waals surface area (Å²) >= 11 is 0. The Kier molecular flexibility index (Phi) is 14.6. The van der Waals surface area contributed by atoms with Crippen molar-refractivity contribution in [2.75, 3.05) is 12.8 Å². The zero-order valence-corrected chi connectivity index (χ0v) is 25.7. The van der Waals surface area contributed by atoms with Gasteiger partial charge in [-0.05, 0) is 61.2 Å². The molecule has 0 heterocycles. The molecule has 0 atom stereocenters. The first-order chi connectivity index (χ1) is 18.9. The lowest BCUT2D eigenvalue weighted by Crippen LogP contribution is -3.00. The Morgan fingerprint density at radius 1 is 0.410 bits per heavy atom. The fourth-order valence-electron chi connectivity index (χ4n) is 5.44. The van der Waals surface area contributed by atoms with Crippen LogP contribution in [0.3, 0.4) is 0 Å². The Hall–Kier alpha value is -2.25. The molecule has 1 nitrogen and oxygen atoms in total. The number of rotatable bonds is 17. The number of halogens is 1. The molecule has 0 bridgehead atoms. The Morgan fingerprint density at radius 3 is 1.21 bits per heavy atom.